The van der Waals surface area contributed by atoms with E-state index in [0.29, 0.717) is 0 Å². The summed E-state index contributed by atoms with van der Waals surface area (Å²) >= 11 is 10.1. The Balaban J connectivity index is 0. The third-order valence-electron chi connectivity index (χ3n) is 0.175. The molecule has 2 N–H and O–H groups in total. The summed E-state index contributed by atoms with van der Waals surface area (Å²) in [5.41, 5.74) is 0. The van der Waals surface area contributed by atoms with Gasteiger partial charge in [-0.25, -0.2) is 4.31 Å². The molecule has 0 saturated heterocycles. The molecule has 0 aliphatic rings. The van der Waals surface area contributed by atoms with Gasteiger partial charge in [-0.05, 0) is 6.92 Å². The van der Waals surface area contributed by atoms with Crippen LogP contribution in [-0.4, -0.2) is 14.6 Å². The molecule has 9 heteroatoms. The van der Waals surface area contributed by atoms with Crippen molar-refractivity contribution in [3.05, 3.63) is 0 Å². The molecule has 0 aliphatic heterocycles. The summed E-state index contributed by atoms with van der Waals surface area (Å²) in [7, 11) is -6.40. The van der Waals surface area contributed by atoms with Crippen molar-refractivity contribution in [2.45, 2.75) is 11.8 Å². The van der Waals surface area contributed by atoms with Crippen LogP contribution in [0.15, 0.2) is 0 Å². The Morgan fingerprint density at radius 1 is 1.27 bits per heavy atom. The van der Waals surface area contributed by atoms with Gasteiger partial charge in [0.05, 0.1) is 0 Å². The fourth-order valence-electron chi connectivity index (χ4n) is 0.0747. The lowest BCUT2D eigenvalue weighted by Gasteiger charge is -1.86. The van der Waals surface area contributed by atoms with Gasteiger partial charge in [0.1, 0.15) is 4.84 Å². The highest BCUT2D eigenvalue weighted by Gasteiger charge is 1.93. The normalized spacial score (nSPS) is 15.1. The van der Waals surface area contributed by atoms with Crippen molar-refractivity contribution < 1.29 is 23.2 Å². The molecular weight excluding hydrogens is 237 g/mol. The Morgan fingerprint density at radius 3 is 1.45 bits per heavy atom. The molecule has 2 unspecified atom stereocenters. The quantitative estimate of drug-likeness (QED) is 0.569. The monoisotopic (exact) mass is 244 g/mol. The van der Waals surface area contributed by atoms with Gasteiger partial charge in [0, 0.05) is 0 Å². The molecule has 0 fully saturated rings. The molecule has 70 valence electrons. The lowest BCUT2D eigenvalue weighted by atomic mass is 11.0. The van der Waals surface area contributed by atoms with Crippen LogP contribution in [0, 0.1) is 0 Å². The maximum absolute atomic E-state index is 9.44. The second-order valence-corrected chi connectivity index (χ2v) is 4.57. The first-order chi connectivity index (χ1) is 4.86. The largest absolute Gasteiger partial charge is 0.326 e. The van der Waals surface area contributed by atoms with Crippen molar-refractivity contribution in [2.75, 3.05) is 0 Å². The number of halogens is 2. The lowest BCUT2D eigenvalue weighted by molar-refractivity contribution is 0.371. The van der Waals surface area contributed by atoms with Gasteiger partial charge in [0.2, 0.25) is 0 Å². The second-order valence-electron chi connectivity index (χ2n) is 1.15. The smallest absolute Gasteiger partial charge is 0.323 e. The maximum Gasteiger partial charge on any atom is 0.323 e. The number of hydrogen-bond donors (Lipinski definition) is 2. The molecule has 0 amide bonds. The van der Waals surface area contributed by atoms with Gasteiger partial charge < -0.3 is 9.79 Å². The SMILES string of the molecule is CC(Cl)Cl.O=[PH](O)O[PH](=O)O. The average Bonchev–Trinajstić information content (AvgIpc) is 1.56. The van der Waals surface area contributed by atoms with Gasteiger partial charge >= 0.3 is 16.5 Å². The molecule has 11 heavy (non-hydrogen) atoms. The van der Waals surface area contributed by atoms with Crippen molar-refractivity contribution >= 4 is 39.7 Å². The Morgan fingerprint density at radius 2 is 1.45 bits per heavy atom. The van der Waals surface area contributed by atoms with E-state index in [9.17, 15) is 9.13 Å². The summed E-state index contributed by atoms with van der Waals surface area (Å²) < 4.78 is 22.3. The summed E-state index contributed by atoms with van der Waals surface area (Å²) in [6.45, 7) is 1.70. The number of rotatable bonds is 2. The van der Waals surface area contributed by atoms with Crippen LogP contribution in [0.4, 0.5) is 0 Å². The molecule has 0 saturated carbocycles. The Hall–Kier alpha value is 0.920. The molecule has 0 rings (SSSR count). The molecule has 0 radical (unpaired) electrons. The third kappa shape index (κ3) is 35.9. The fraction of sp³-hybridized carbons (Fsp3) is 1.00. The van der Waals surface area contributed by atoms with E-state index in [1.54, 1.807) is 6.92 Å². The first kappa shape index (κ1) is 14.4. The molecule has 0 aromatic heterocycles. The summed E-state index contributed by atoms with van der Waals surface area (Å²) in [6, 6.07) is 0. The number of hydrogen-bond acceptors (Lipinski definition) is 3. The van der Waals surface area contributed by atoms with Gasteiger partial charge in [-0.2, -0.15) is 0 Å². The molecule has 0 aliphatic carbocycles. The van der Waals surface area contributed by atoms with Gasteiger partial charge in [-0.1, -0.05) is 0 Å². The van der Waals surface area contributed by atoms with E-state index in [2.05, 4.69) is 4.31 Å². The zero-order valence-corrected chi connectivity index (χ0v) is 8.96. The van der Waals surface area contributed by atoms with E-state index >= 15 is 0 Å². The first-order valence-electron chi connectivity index (χ1n) is 2.28. The van der Waals surface area contributed by atoms with Crippen LogP contribution in [-0.2, 0) is 13.4 Å². The minimum atomic E-state index is -3.20. The van der Waals surface area contributed by atoms with Gasteiger partial charge in [0.15, 0.2) is 0 Å². The van der Waals surface area contributed by atoms with Gasteiger partial charge in [-0.3, -0.25) is 9.13 Å². The molecule has 0 aromatic carbocycles. The van der Waals surface area contributed by atoms with E-state index < -0.39 is 16.5 Å². The van der Waals surface area contributed by atoms with E-state index in [4.69, 9.17) is 33.0 Å². The van der Waals surface area contributed by atoms with E-state index in [0.717, 1.165) is 0 Å². The van der Waals surface area contributed by atoms with Crippen LogP contribution in [0.5, 0.6) is 0 Å². The molecule has 2 atom stereocenters. The van der Waals surface area contributed by atoms with Crippen molar-refractivity contribution in [3.8, 4) is 0 Å². The molecular formula is C2H8Cl2O5P2. The predicted molar refractivity (Wildman–Crippen MR) is 44.7 cm³/mol. The number of alkyl halides is 2. The van der Waals surface area contributed by atoms with Crippen molar-refractivity contribution in [3.63, 3.8) is 0 Å². The van der Waals surface area contributed by atoms with Crippen LogP contribution in [0.2, 0.25) is 0 Å². The molecule has 0 spiro atoms. The Bertz CT molecular complexity index is 124. The highest BCUT2D eigenvalue weighted by molar-refractivity contribution is 7.46. The molecule has 0 heterocycles. The van der Waals surface area contributed by atoms with Gasteiger partial charge in [0.25, 0.3) is 0 Å². The van der Waals surface area contributed by atoms with Crippen LogP contribution < -0.4 is 0 Å². The standard InChI is InChI=1S/C2H4Cl2.H4O5P2/c1-2(3)4;1-6(2)5-7(3)4/h2H,1H3;6-7H,(H,1,2)(H,3,4). The topological polar surface area (TPSA) is 83.8 Å². The molecule has 0 bridgehead atoms. The van der Waals surface area contributed by atoms with Gasteiger partial charge in [-0.15, -0.1) is 23.2 Å². The lowest BCUT2D eigenvalue weighted by Crippen LogP contribution is -1.63. The minimum Gasteiger partial charge on any atom is -0.326 e. The Labute approximate surface area is 75.2 Å². The summed E-state index contributed by atoms with van der Waals surface area (Å²) in [6.07, 6.45) is 0. The molecule has 0 aromatic rings. The predicted octanol–water partition coefficient (Wildman–Crippen LogP) is 1.58. The third-order valence-corrected chi connectivity index (χ3v) is 1.57. The zero-order valence-electron chi connectivity index (χ0n) is 5.45. The van der Waals surface area contributed by atoms with Crippen LogP contribution in [0.3, 0.4) is 0 Å². The van der Waals surface area contributed by atoms with Crippen LogP contribution in [0.1, 0.15) is 6.92 Å². The van der Waals surface area contributed by atoms with Crippen LogP contribution >= 0.6 is 39.7 Å². The molecule has 5 nitrogen and oxygen atoms in total. The second kappa shape index (κ2) is 9.01. The first-order valence-corrected chi connectivity index (χ1v) is 5.68. The average molecular weight is 245 g/mol. The van der Waals surface area contributed by atoms with Crippen molar-refractivity contribution in [1.29, 1.82) is 0 Å². The van der Waals surface area contributed by atoms with E-state index in [1.807, 2.05) is 0 Å². The van der Waals surface area contributed by atoms with Crippen molar-refractivity contribution in [1.82, 2.24) is 0 Å². The highest BCUT2D eigenvalue weighted by Crippen LogP contribution is 2.30. The highest BCUT2D eigenvalue weighted by atomic mass is 35.5. The van der Waals surface area contributed by atoms with E-state index in [-0.39, 0.29) is 4.84 Å². The minimum absolute atomic E-state index is 0.222. The van der Waals surface area contributed by atoms with E-state index in [1.165, 1.54) is 0 Å². The summed E-state index contributed by atoms with van der Waals surface area (Å²) in [4.78, 5) is 15.2. The Kier molecular flexibility index (Phi) is 11.8. The van der Waals surface area contributed by atoms with Crippen LogP contribution in [0.25, 0.3) is 0 Å². The summed E-state index contributed by atoms with van der Waals surface area (Å²) in [5, 5.41) is 0. The van der Waals surface area contributed by atoms with Crippen molar-refractivity contribution in [2.24, 2.45) is 0 Å². The zero-order chi connectivity index (χ0) is 9.44. The summed E-state index contributed by atoms with van der Waals surface area (Å²) in [5.74, 6) is 0. The maximum atomic E-state index is 9.44. The fourth-order valence-corrected chi connectivity index (χ4v) is 0.672.